The lowest BCUT2D eigenvalue weighted by Crippen LogP contribution is -2.34. The maximum atomic E-state index is 10.3. The number of nitrogens with zero attached hydrogens (tertiary/aromatic N) is 2. The van der Waals surface area contributed by atoms with Gasteiger partial charge < -0.3 is 29.5 Å². The van der Waals surface area contributed by atoms with Crippen molar-refractivity contribution in [2.24, 2.45) is 4.99 Å². The molecule has 0 radical (unpaired) electrons. The average molecular weight is 499 g/mol. The maximum absolute atomic E-state index is 10.3. The first-order valence-electron chi connectivity index (χ1n) is 11.5. The molecule has 192 valence electrons. The minimum Gasteiger partial charge on any atom is -0.493 e. The second-order valence-electron chi connectivity index (χ2n) is 8.24. The van der Waals surface area contributed by atoms with Crippen molar-refractivity contribution in [3.8, 4) is 17.4 Å². The fourth-order valence-electron chi connectivity index (χ4n) is 4.39. The summed E-state index contributed by atoms with van der Waals surface area (Å²) in [5.74, 6) is -0.344. The highest BCUT2D eigenvalue weighted by Gasteiger charge is 2.37. The molecule has 1 aliphatic heterocycles. The number of aliphatic hydroxyl groups excluding tert-OH is 1. The molecule has 1 aromatic carbocycles. The summed E-state index contributed by atoms with van der Waals surface area (Å²) < 4.78 is 16.6. The van der Waals surface area contributed by atoms with E-state index in [1.54, 1.807) is 20.4 Å². The monoisotopic (exact) mass is 498 g/mol. The number of ether oxygens (including phenoxy) is 3. The topological polar surface area (TPSA) is 148 Å². The third-order valence-corrected chi connectivity index (χ3v) is 5.96. The van der Waals surface area contributed by atoms with Crippen molar-refractivity contribution in [2.75, 3.05) is 20.8 Å². The minimum atomic E-state index is -1.26. The molecule has 10 heteroatoms. The Balaban J connectivity index is 0.000000392. The quantitative estimate of drug-likeness (QED) is 0.490. The number of carbonyl (C=O) groups is 2. The molecule has 1 aliphatic carbocycles. The van der Waals surface area contributed by atoms with Gasteiger partial charge in [-0.05, 0) is 49.9 Å². The van der Waals surface area contributed by atoms with Gasteiger partial charge in [0.25, 0.3) is 0 Å². The molecule has 0 spiro atoms. The number of fused-ring (bicyclic) bond motifs is 3. The Morgan fingerprint density at radius 2 is 1.78 bits per heavy atom. The van der Waals surface area contributed by atoms with E-state index in [2.05, 4.69) is 11.1 Å². The molecule has 2 aliphatic rings. The van der Waals surface area contributed by atoms with Crippen LogP contribution in [0.4, 0.5) is 0 Å². The summed E-state index contributed by atoms with van der Waals surface area (Å²) in [4.78, 5) is 28.5. The number of hydrogen-bond acceptors (Lipinski definition) is 8. The molecule has 36 heavy (non-hydrogen) atoms. The van der Waals surface area contributed by atoms with Gasteiger partial charge in [0.05, 0.1) is 38.7 Å². The van der Waals surface area contributed by atoms with Gasteiger partial charge in [0.2, 0.25) is 5.88 Å². The zero-order chi connectivity index (χ0) is 26.2. The summed E-state index contributed by atoms with van der Waals surface area (Å²) in [5.41, 5.74) is 4.03. The molecule has 10 nitrogen and oxygen atoms in total. The maximum Gasteiger partial charge on any atom is 0.328 e. The van der Waals surface area contributed by atoms with Crippen molar-refractivity contribution in [3.05, 3.63) is 59.3 Å². The molecule has 1 saturated carbocycles. The van der Waals surface area contributed by atoms with Crippen LogP contribution in [0.15, 0.2) is 47.6 Å². The zero-order valence-corrected chi connectivity index (χ0v) is 20.4. The van der Waals surface area contributed by atoms with Crippen LogP contribution in [0.1, 0.15) is 48.8 Å². The largest absolute Gasteiger partial charge is 0.493 e. The average Bonchev–Trinajstić information content (AvgIpc) is 2.87. The molecule has 3 N–H and O–H groups in total. The van der Waals surface area contributed by atoms with Crippen molar-refractivity contribution in [1.82, 2.24) is 4.98 Å². The Hall–Kier alpha value is -3.92. The summed E-state index contributed by atoms with van der Waals surface area (Å²) in [5, 5.41) is 25.9. The number of aliphatic imine (C=N–C) groups is 1. The van der Waals surface area contributed by atoms with Crippen LogP contribution in [0.2, 0.25) is 0 Å². The lowest BCUT2D eigenvalue weighted by Gasteiger charge is -2.37. The fraction of sp³-hybridized carbons (Fsp3) is 0.385. The zero-order valence-electron chi connectivity index (χ0n) is 20.4. The van der Waals surface area contributed by atoms with Crippen molar-refractivity contribution >= 4 is 17.7 Å². The minimum absolute atomic E-state index is 0.149. The van der Waals surface area contributed by atoms with E-state index in [-0.39, 0.29) is 18.1 Å². The molecule has 0 unspecified atom stereocenters. The molecule has 0 saturated heterocycles. The van der Waals surface area contributed by atoms with Crippen molar-refractivity contribution in [3.63, 3.8) is 0 Å². The number of rotatable bonds is 7. The third-order valence-electron chi connectivity index (χ3n) is 5.96. The molecule has 3 atom stereocenters. The normalized spacial score (nSPS) is 20.2. The van der Waals surface area contributed by atoms with Gasteiger partial charge in [0.15, 0.2) is 11.5 Å². The predicted molar refractivity (Wildman–Crippen MR) is 131 cm³/mol. The van der Waals surface area contributed by atoms with Gasteiger partial charge in [0.1, 0.15) is 0 Å². The van der Waals surface area contributed by atoms with E-state index in [4.69, 9.17) is 29.4 Å². The van der Waals surface area contributed by atoms with E-state index in [0.717, 1.165) is 41.0 Å². The smallest absolute Gasteiger partial charge is 0.328 e. The number of carboxylic acid groups (broad SMARTS) is 2. The Morgan fingerprint density at radius 3 is 2.33 bits per heavy atom. The number of aromatic nitrogens is 1. The number of hydrogen-bond donors (Lipinski definition) is 3. The third kappa shape index (κ3) is 6.39. The van der Waals surface area contributed by atoms with E-state index >= 15 is 0 Å². The summed E-state index contributed by atoms with van der Waals surface area (Å²) in [7, 11) is 3.25. The molecule has 0 bridgehead atoms. The number of carboxylic acids is 2. The van der Waals surface area contributed by atoms with E-state index in [9.17, 15) is 14.7 Å². The number of aliphatic carboxylic acids is 2. The Morgan fingerprint density at radius 1 is 1.06 bits per heavy atom. The number of pyridine rings is 1. The first kappa shape index (κ1) is 26.7. The van der Waals surface area contributed by atoms with Crippen LogP contribution in [0.25, 0.3) is 0 Å². The van der Waals surface area contributed by atoms with Gasteiger partial charge >= 0.3 is 11.9 Å². The number of aliphatic hydroxyl groups is 1. The van der Waals surface area contributed by atoms with Gasteiger partial charge in [-0.25, -0.2) is 14.6 Å². The highest BCUT2D eigenvalue weighted by molar-refractivity contribution is 6.14. The molecular weight excluding hydrogens is 468 g/mol. The Kier molecular flexibility index (Phi) is 9.02. The summed E-state index contributed by atoms with van der Waals surface area (Å²) in [6.45, 7) is 2.52. The van der Waals surface area contributed by atoms with Gasteiger partial charge in [-0.1, -0.05) is 0 Å². The molecule has 2 aromatic rings. The van der Waals surface area contributed by atoms with Crippen LogP contribution in [0.5, 0.6) is 17.4 Å². The molecule has 0 amide bonds. The fourth-order valence-corrected chi connectivity index (χ4v) is 4.39. The lowest BCUT2D eigenvalue weighted by atomic mass is 9.74. The molecular formula is C26H30N2O8. The van der Waals surface area contributed by atoms with Gasteiger partial charge in [-0.3, -0.25) is 4.99 Å². The summed E-state index contributed by atoms with van der Waals surface area (Å²) >= 11 is 0. The first-order chi connectivity index (χ1) is 17.3. The molecule has 4 rings (SSSR count). The van der Waals surface area contributed by atoms with E-state index in [0.29, 0.717) is 36.8 Å². The Labute approximate surface area is 208 Å². The highest BCUT2D eigenvalue weighted by Crippen LogP contribution is 2.45. The second-order valence-corrected chi connectivity index (χ2v) is 8.24. The van der Waals surface area contributed by atoms with Crippen LogP contribution in [-0.4, -0.2) is 70.9 Å². The number of methoxy groups -OCH3 is 2. The van der Waals surface area contributed by atoms with Gasteiger partial charge in [0, 0.05) is 41.5 Å². The van der Waals surface area contributed by atoms with E-state index in [1.165, 1.54) is 0 Å². The standard InChI is InChI=1S/C22H26N2O4.C4H4O4/c1-4-28-20-10-15-16-9-14(25)6-7-18(16)24-22(17(15)11-19(20)26-2)13-5-8-21(27-3)23-12-13;5-3(6)1-2-4(7)8/h5,8,10-12,14,16,18,25H,4,6-7,9H2,1-3H3;1-2H,(H,5,6)(H,7,8)/t14-,16-,18-;/m1./s1. The Bertz CT molecular complexity index is 1130. The SMILES string of the molecule is CCOc1cc2c(cc1OC)C(c1ccc(OC)nc1)=N[C@@H]1CC[C@@H](O)C[C@H]21.O=C(O)C=CC(=O)O. The predicted octanol–water partition coefficient (Wildman–Crippen LogP) is 3.06. The van der Waals surface area contributed by atoms with Crippen LogP contribution < -0.4 is 14.2 Å². The first-order valence-corrected chi connectivity index (χ1v) is 11.5. The number of benzene rings is 1. The summed E-state index contributed by atoms with van der Waals surface area (Å²) in [6, 6.07) is 8.05. The van der Waals surface area contributed by atoms with Crippen molar-refractivity contribution < 1.29 is 39.1 Å². The van der Waals surface area contributed by atoms with Gasteiger partial charge in [-0.2, -0.15) is 0 Å². The van der Waals surface area contributed by atoms with Crippen molar-refractivity contribution in [2.45, 2.75) is 44.2 Å². The summed E-state index contributed by atoms with van der Waals surface area (Å²) in [6.07, 6.45) is 4.99. The van der Waals surface area contributed by atoms with Gasteiger partial charge in [-0.15, -0.1) is 0 Å². The van der Waals surface area contributed by atoms with Crippen LogP contribution in [0.3, 0.4) is 0 Å². The van der Waals surface area contributed by atoms with Crippen LogP contribution in [0, 0.1) is 0 Å². The molecule has 1 fully saturated rings. The molecule has 2 heterocycles. The highest BCUT2D eigenvalue weighted by atomic mass is 16.5. The van der Waals surface area contributed by atoms with E-state index < -0.39 is 11.9 Å². The van der Waals surface area contributed by atoms with E-state index in [1.807, 2.05) is 25.1 Å². The lowest BCUT2D eigenvalue weighted by molar-refractivity contribution is -0.134. The van der Waals surface area contributed by atoms with Crippen LogP contribution in [-0.2, 0) is 9.59 Å². The van der Waals surface area contributed by atoms with Crippen LogP contribution >= 0.6 is 0 Å². The second kappa shape index (κ2) is 12.2. The molecule has 1 aromatic heterocycles. The van der Waals surface area contributed by atoms with Crippen molar-refractivity contribution in [1.29, 1.82) is 0 Å².